The van der Waals surface area contributed by atoms with Crippen LogP contribution in [0.3, 0.4) is 0 Å². The van der Waals surface area contributed by atoms with E-state index < -0.39 is 0 Å². The van der Waals surface area contributed by atoms with E-state index in [2.05, 4.69) is 32.7 Å². The maximum atomic E-state index is 4.11. The first-order valence-corrected chi connectivity index (χ1v) is 3.89. The molecule has 0 saturated carbocycles. The summed E-state index contributed by atoms with van der Waals surface area (Å²) in [5.41, 5.74) is 0.920. The maximum Gasteiger partial charge on any atom is 0.166 e. The quantitative estimate of drug-likeness (QED) is 0.655. The molecule has 0 fully saturated rings. The molecule has 0 spiro atoms. The van der Waals surface area contributed by atoms with Crippen LogP contribution in [-0.2, 0) is 0 Å². The first-order valence-electron chi connectivity index (χ1n) is 2.82. The lowest BCUT2D eigenvalue weighted by Gasteiger charge is -1.91. The van der Waals surface area contributed by atoms with Crippen LogP contribution in [0.2, 0.25) is 0 Å². The molecular weight excluding hydrogens is 241 g/mol. The number of halogens is 1. The van der Waals surface area contributed by atoms with Gasteiger partial charge < -0.3 is 0 Å². The van der Waals surface area contributed by atoms with Gasteiger partial charge >= 0.3 is 0 Å². The molecule has 3 nitrogen and oxygen atoms in total. The van der Waals surface area contributed by atoms with Crippen molar-refractivity contribution >= 4 is 28.2 Å². The third-order valence-electron chi connectivity index (χ3n) is 1.25. The first-order chi connectivity index (χ1) is 4.88. The van der Waals surface area contributed by atoms with Gasteiger partial charge in [0.15, 0.2) is 5.65 Å². The van der Waals surface area contributed by atoms with Crippen molar-refractivity contribution in [1.29, 1.82) is 0 Å². The van der Waals surface area contributed by atoms with Gasteiger partial charge in [-0.3, -0.25) is 0 Å². The van der Waals surface area contributed by atoms with Crippen molar-refractivity contribution < 1.29 is 0 Å². The van der Waals surface area contributed by atoms with E-state index in [0.29, 0.717) is 0 Å². The van der Waals surface area contributed by atoms with Gasteiger partial charge in [-0.2, -0.15) is 5.10 Å². The van der Waals surface area contributed by atoms with Gasteiger partial charge in [-0.1, -0.05) is 0 Å². The monoisotopic (exact) mass is 245 g/mol. The number of rotatable bonds is 0. The lowest BCUT2D eigenvalue weighted by molar-refractivity contribution is 0.931. The smallest absolute Gasteiger partial charge is 0.166 e. The van der Waals surface area contributed by atoms with E-state index in [1.807, 2.05) is 12.3 Å². The summed E-state index contributed by atoms with van der Waals surface area (Å²) in [4.78, 5) is 4.11. The van der Waals surface area contributed by atoms with Crippen molar-refractivity contribution in [3.8, 4) is 0 Å². The minimum Gasteiger partial charge on any atom is -0.235 e. The molecule has 0 bridgehead atoms. The molecule has 0 atom stereocenters. The molecule has 10 heavy (non-hydrogen) atoms. The molecule has 0 aliphatic heterocycles. The largest absolute Gasteiger partial charge is 0.235 e. The van der Waals surface area contributed by atoms with Crippen LogP contribution in [0.15, 0.2) is 24.7 Å². The van der Waals surface area contributed by atoms with Gasteiger partial charge in [-0.25, -0.2) is 9.50 Å². The zero-order valence-electron chi connectivity index (χ0n) is 5.03. The lowest BCUT2D eigenvalue weighted by Crippen LogP contribution is -1.89. The second-order valence-electron chi connectivity index (χ2n) is 1.87. The van der Waals surface area contributed by atoms with Crippen molar-refractivity contribution in [2.24, 2.45) is 0 Å². The first kappa shape index (κ1) is 6.09. The van der Waals surface area contributed by atoms with Crippen molar-refractivity contribution in [3.63, 3.8) is 0 Å². The highest BCUT2D eigenvalue weighted by molar-refractivity contribution is 14.1. The van der Waals surface area contributed by atoms with Crippen LogP contribution < -0.4 is 0 Å². The van der Waals surface area contributed by atoms with E-state index in [1.165, 1.54) is 0 Å². The van der Waals surface area contributed by atoms with Gasteiger partial charge in [-0.15, -0.1) is 0 Å². The number of fused-ring (bicyclic) bond motifs is 1. The van der Waals surface area contributed by atoms with Gasteiger partial charge in [-0.05, 0) is 28.7 Å². The Kier molecular flexibility index (Phi) is 1.33. The van der Waals surface area contributed by atoms with Gasteiger partial charge in [0.05, 0.1) is 3.57 Å². The fourth-order valence-corrected chi connectivity index (χ4v) is 1.35. The highest BCUT2D eigenvalue weighted by Gasteiger charge is 1.96. The Morgan fingerprint density at radius 1 is 1.40 bits per heavy atom. The van der Waals surface area contributed by atoms with Crippen LogP contribution in [0.5, 0.6) is 0 Å². The second kappa shape index (κ2) is 2.19. The summed E-state index contributed by atoms with van der Waals surface area (Å²) in [6, 6.07) is 1.93. The van der Waals surface area contributed by atoms with Gasteiger partial charge in [0.2, 0.25) is 0 Å². The van der Waals surface area contributed by atoms with Crippen LogP contribution >= 0.6 is 22.6 Å². The van der Waals surface area contributed by atoms with E-state index in [-0.39, 0.29) is 0 Å². The Morgan fingerprint density at radius 3 is 3.10 bits per heavy atom. The minimum absolute atomic E-state index is 0.920. The zero-order valence-corrected chi connectivity index (χ0v) is 7.19. The molecule has 0 N–H and O–H groups in total. The average Bonchev–Trinajstić information content (AvgIpc) is 2.36. The Hall–Kier alpha value is -0.650. The molecule has 0 radical (unpaired) electrons. The average molecular weight is 245 g/mol. The van der Waals surface area contributed by atoms with E-state index in [4.69, 9.17) is 0 Å². The number of nitrogens with zero attached hydrogens (tertiary/aromatic N) is 3. The Bertz CT molecular complexity index is 355. The summed E-state index contributed by atoms with van der Waals surface area (Å²) in [6.45, 7) is 0. The Morgan fingerprint density at radius 2 is 2.30 bits per heavy atom. The zero-order chi connectivity index (χ0) is 6.97. The minimum atomic E-state index is 0.920. The van der Waals surface area contributed by atoms with Crippen molar-refractivity contribution in [3.05, 3.63) is 28.2 Å². The Balaban J connectivity index is 2.95. The molecule has 0 aromatic carbocycles. The third-order valence-corrected chi connectivity index (χ3v) is 2.09. The summed E-state index contributed by atoms with van der Waals surface area (Å²) in [5, 5.41) is 4.05. The second-order valence-corrected chi connectivity index (χ2v) is 3.04. The molecule has 0 saturated heterocycles. The number of hydrogen-bond donors (Lipinski definition) is 0. The fourth-order valence-electron chi connectivity index (χ4n) is 0.806. The molecule has 2 rings (SSSR count). The summed E-state index contributed by atoms with van der Waals surface area (Å²) in [6.07, 6.45) is 5.33. The van der Waals surface area contributed by atoms with Crippen LogP contribution in [0, 0.1) is 3.57 Å². The maximum absolute atomic E-state index is 4.11. The predicted molar refractivity (Wildman–Crippen MR) is 45.7 cm³/mol. The highest BCUT2D eigenvalue weighted by Crippen LogP contribution is 2.08. The third kappa shape index (κ3) is 0.792. The summed E-state index contributed by atoms with van der Waals surface area (Å²) in [7, 11) is 0. The lowest BCUT2D eigenvalue weighted by atomic mass is 10.6. The fraction of sp³-hybridized carbons (Fsp3) is 0. The topological polar surface area (TPSA) is 30.2 Å². The Labute approximate surface area is 71.2 Å². The standard InChI is InChI=1S/C6H4IN3/c7-5-1-2-9-10-4-3-8-6(5)10/h1-4H. The van der Waals surface area contributed by atoms with Gasteiger partial charge in [0.25, 0.3) is 0 Å². The van der Waals surface area contributed by atoms with E-state index in [9.17, 15) is 0 Å². The molecule has 0 aliphatic carbocycles. The highest BCUT2D eigenvalue weighted by atomic mass is 127. The molecule has 0 amide bonds. The molecule has 0 aliphatic rings. The number of aromatic nitrogens is 3. The molecule has 2 aromatic rings. The van der Waals surface area contributed by atoms with Crippen LogP contribution in [0.1, 0.15) is 0 Å². The summed E-state index contributed by atoms with van der Waals surface area (Å²) < 4.78 is 2.87. The molecular formula is C6H4IN3. The number of hydrogen-bond acceptors (Lipinski definition) is 2. The summed E-state index contributed by atoms with van der Waals surface area (Å²) in [5.74, 6) is 0. The number of imidazole rings is 1. The van der Waals surface area contributed by atoms with Crippen LogP contribution in [0.25, 0.3) is 5.65 Å². The normalized spacial score (nSPS) is 10.5. The van der Waals surface area contributed by atoms with Gasteiger partial charge in [0, 0.05) is 18.6 Å². The van der Waals surface area contributed by atoms with Crippen LogP contribution in [-0.4, -0.2) is 14.6 Å². The van der Waals surface area contributed by atoms with Crippen molar-refractivity contribution in [1.82, 2.24) is 14.6 Å². The van der Waals surface area contributed by atoms with Crippen molar-refractivity contribution in [2.45, 2.75) is 0 Å². The van der Waals surface area contributed by atoms with Crippen molar-refractivity contribution in [2.75, 3.05) is 0 Å². The molecule has 4 heteroatoms. The van der Waals surface area contributed by atoms with E-state index in [0.717, 1.165) is 9.22 Å². The molecule has 2 heterocycles. The molecule has 50 valence electrons. The van der Waals surface area contributed by atoms with Crippen LogP contribution in [0.4, 0.5) is 0 Å². The molecule has 2 aromatic heterocycles. The van der Waals surface area contributed by atoms with E-state index in [1.54, 1.807) is 16.9 Å². The SMILES string of the molecule is Ic1ccnn2ccnc12. The molecule has 0 unspecified atom stereocenters. The summed E-state index contributed by atoms with van der Waals surface area (Å²) >= 11 is 2.23. The predicted octanol–water partition coefficient (Wildman–Crippen LogP) is 1.33. The van der Waals surface area contributed by atoms with E-state index >= 15 is 0 Å². The van der Waals surface area contributed by atoms with Gasteiger partial charge in [0.1, 0.15) is 0 Å².